The number of ether oxygens (including phenoxy) is 2. The largest absolute Gasteiger partial charge is 0.495 e. The molecule has 2 N–H and O–H groups in total. The van der Waals surface area contributed by atoms with Crippen LogP contribution in [0.4, 0.5) is 4.39 Å². The number of fused-ring (bicyclic) bond motifs is 1. The van der Waals surface area contributed by atoms with Gasteiger partial charge in [-0.05, 0) is 35.9 Å². The molecule has 0 spiro atoms. The standard InChI is InChI=1S/C22H19FN4O4/c1-29-18-11-13(3-6-15(18)23)4-7-16-20-17(27-26-16)8-5-14(21(20)30-2)22(28)25-12-19-24-9-10-31-19/h3-11H,12H2,1-2H3,(H,25,28)(H,26,27). The summed E-state index contributed by atoms with van der Waals surface area (Å²) in [5.74, 6) is 0.155. The van der Waals surface area contributed by atoms with Gasteiger partial charge in [0.15, 0.2) is 11.6 Å². The zero-order valence-electron chi connectivity index (χ0n) is 16.8. The summed E-state index contributed by atoms with van der Waals surface area (Å²) in [6.45, 7) is 0.150. The molecular weight excluding hydrogens is 403 g/mol. The number of hydrogen-bond acceptors (Lipinski definition) is 6. The molecule has 0 saturated heterocycles. The van der Waals surface area contributed by atoms with E-state index in [2.05, 4.69) is 20.5 Å². The lowest BCUT2D eigenvalue weighted by Gasteiger charge is -2.10. The number of oxazole rings is 1. The smallest absolute Gasteiger partial charge is 0.255 e. The normalized spacial score (nSPS) is 11.2. The molecule has 0 atom stereocenters. The van der Waals surface area contributed by atoms with Gasteiger partial charge in [-0.3, -0.25) is 9.89 Å². The highest BCUT2D eigenvalue weighted by Gasteiger charge is 2.19. The van der Waals surface area contributed by atoms with Crippen LogP contribution in [0.5, 0.6) is 11.5 Å². The predicted octanol–water partition coefficient (Wildman–Crippen LogP) is 3.81. The van der Waals surface area contributed by atoms with Gasteiger partial charge in [0.25, 0.3) is 5.91 Å². The molecule has 0 bridgehead atoms. The van der Waals surface area contributed by atoms with Gasteiger partial charge in [-0.2, -0.15) is 5.10 Å². The topological polar surface area (TPSA) is 102 Å². The van der Waals surface area contributed by atoms with E-state index in [0.717, 1.165) is 5.56 Å². The third kappa shape index (κ3) is 4.11. The lowest BCUT2D eigenvalue weighted by molar-refractivity contribution is 0.0944. The number of H-pyrrole nitrogens is 1. The van der Waals surface area contributed by atoms with Crippen LogP contribution in [0.2, 0.25) is 0 Å². The molecule has 1 amide bonds. The van der Waals surface area contributed by atoms with Gasteiger partial charge in [-0.1, -0.05) is 12.1 Å². The van der Waals surface area contributed by atoms with Crippen LogP contribution >= 0.6 is 0 Å². The molecule has 2 aromatic heterocycles. The lowest BCUT2D eigenvalue weighted by Crippen LogP contribution is -2.23. The number of aromatic nitrogens is 3. The molecule has 31 heavy (non-hydrogen) atoms. The minimum absolute atomic E-state index is 0.150. The molecule has 0 radical (unpaired) electrons. The highest BCUT2D eigenvalue weighted by Crippen LogP contribution is 2.32. The van der Waals surface area contributed by atoms with E-state index in [9.17, 15) is 9.18 Å². The molecule has 0 unspecified atom stereocenters. The Hall–Kier alpha value is -4.14. The van der Waals surface area contributed by atoms with Gasteiger partial charge in [-0.25, -0.2) is 9.37 Å². The van der Waals surface area contributed by atoms with E-state index in [1.807, 2.05) is 0 Å². The van der Waals surface area contributed by atoms with Crippen molar-refractivity contribution in [2.45, 2.75) is 6.54 Å². The summed E-state index contributed by atoms with van der Waals surface area (Å²) in [4.78, 5) is 16.7. The number of carbonyl (C=O) groups is 1. The summed E-state index contributed by atoms with van der Waals surface area (Å²) in [7, 11) is 2.90. The quantitative estimate of drug-likeness (QED) is 0.470. The second-order valence-electron chi connectivity index (χ2n) is 6.51. The molecular formula is C22H19FN4O4. The maximum absolute atomic E-state index is 13.6. The van der Waals surface area contributed by atoms with Gasteiger partial charge in [-0.15, -0.1) is 0 Å². The van der Waals surface area contributed by atoms with E-state index in [1.165, 1.54) is 32.7 Å². The summed E-state index contributed by atoms with van der Waals surface area (Å²) in [5.41, 5.74) is 2.35. The van der Waals surface area contributed by atoms with Crippen LogP contribution in [0.3, 0.4) is 0 Å². The molecule has 8 nitrogen and oxygen atoms in total. The van der Waals surface area contributed by atoms with Crippen LogP contribution in [0.1, 0.15) is 27.5 Å². The Morgan fingerprint density at radius 1 is 1.23 bits per heavy atom. The Morgan fingerprint density at radius 3 is 2.84 bits per heavy atom. The van der Waals surface area contributed by atoms with Crippen LogP contribution in [0.25, 0.3) is 23.1 Å². The highest BCUT2D eigenvalue weighted by atomic mass is 19.1. The average molecular weight is 422 g/mol. The van der Waals surface area contributed by atoms with Crippen LogP contribution in [0.15, 0.2) is 47.2 Å². The highest BCUT2D eigenvalue weighted by molar-refractivity contribution is 6.05. The summed E-state index contributed by atoms with van der Waals surface area (Å²) >= 11 is 0. The van der Waals surface area contributed by atoms with Gasteiger partial charge >= 0.3 is 0 Å². The Morgan fingerprint density at radius 2 is 2.10 bits per heavy atom. The van der Waals surface area contributed by atoms with Crippen molar-refractivity contribution >= 4 is 29.0 Å². The molecule has 2 aromatic carbocycles. The number of benzene rings is 2. The number of carbonyl (C=O) groups excluding carboxylic acids is 1. The molecule has 9 heteroatoms. The number of hydrogen-bond donors (Lipinski definition) is 2. The van der Waals surface area contributed by atoms with Gasteiger partial charge in [0.2, 0.25) is 5.89 Å². The van der Waals surface area contributed by atoms with E-state index in [4.69, 9.17) is 13.9 Å². The van der Waals surface area contributed by atoms with Gasteiger partial charge < -0.3 is 19.2 Å². The van der Waals surface area contributed by atoms with Crippen LogP contribution < -0.4 is 14.8 Å². The fourth-order valence-electron chi connectivity index (χ4n) is 3.16. The molecule has 0 fully saturated rings. The molecule has 4 aromatic rings. The van der Waals surface area contributed by atoms with Crippen molar-refractivity contribution < 1.29 is 23.1 Å². The van der Waals surface area contributed by atoms with E-state index >= 15 is 0 Å². The fourth-order valence-corrected chi connectivity index (χ4v) is 3.16. The molecule has 158 valence electrons. The van der Waals surface area contributed by atoms with Crippen LogP contribution in [-0.4, -0.2) is 35.3 Å². The molecule has 0 aliphatic rings. The number of halogens is 1. The van der Waals surface area contributed by atoms with Crippen LogP contribution in [-0.2, 0) is 6.54 Å². The molecule has 0 aliphatic heterocycles. The summed E-state index contributed by atoms with van der Waals surface area (Å²) in [6, 6.07) is 7.95. The van der Waals surface area contributed by atoms with Crippen LogP contribution in [0, 0.1) is 5.82 Å². The van der Waals surface area contributed by atoms with E-state index in [-0.39, 0.29) is 18.2 Å². The minimum atomic E-state index is -0.438. The zero-order chi connectivity index (χ0) is 21.8. The average Bonchev–Trinajstić information content (AvgIpc) is 3.46. The number of nitrogens with one attached hydrogen (secondary N) is 2. The third-order valence-electron chi connectivity index (χ3n) is 4.65. The molecule has 4 rings (SSSR count). The van der Waals surface area contributed by atoms with Crippen molar-refractivity contribution in [1.29, 1.82) is 0 Å². The van der Waals surface area contributed by atoms with Crippen molar-refractivity contribution in [3.05, 3.63) is 71.3 Å². The maximum atomic E-state index is 13.6. The Bertz CT molecular complexity index is 1250. The summed E-state index contributed by atoms with van der Waals surface area (Å²) in [6.07, 6.45) is 6.47. The fraction of sp³-hybridized carbons (Fsp3) is 0.136. The zero-order valence-corrected chi connectivity index (χ0v) is 16.8. The number of amides is 1. The van der Waals surface area contributed by atoms with Crippen molar-refractivity contribution in [2.24, 2.45) is 0 Å². The SMILES string of the molecule is COc1cc(C=Cc2n[nH]c3ccc(C(=O)NCc4ncco4)c(OC)c23)ccc1F. The van der Waals surface area contributed by atoms with Crippen molar-refractivity contribution in [3.8, 4) is 11.5 Å². The van der Waals surface area contributed by atoms with Gasteiger partial charge in [0, 0.05) is 0 Å². The number of methoxy groups -OCH3 is 2. The Labute approximate surface area is 176 Å². The first-order chi connectivity index (χ1) is 15.1. The first-order valence-electron chi connectivity index (χ1n) is 9.34. The maximum Gasteiger partial charge on any atom is 0.255 e. The molecule has 2 heterocycles. The monoisotopic (exact) mass is 422 g/mol. The Balaban J connectivity index is 1.66. The van der Waals surface area contributed by atoms with Gasteiger partial charge in [0.1, 0.15) is 12.0 Å². The number of rotatable bonds is 7. The predicted molar refractivity (Wildman–Crippen MR) is 112 cm³/mol. The number of aromatic amines is 1. The van der Waals surface area contributed by atoms with E-state index in [1.54, 1.807) is 36.4 Å². The van der Waals surface area contributed by atoms with Crippen molar-refractivity contribution in [3.63, 3.8) is 0 Å². The summed E-state index contributed by atoms with van der Waals surface area (Å²) < 4.78 is 29.3. The van der Waals surface area contributed by atoms with Crippen molar-refractivity contribution in [2.75, 3.05) is 14.2 Å². The molecule has 0 aliphatic carbocycles. The first kappa shape index (κ1) is 20.1. The van der Waals surface area contributed by atoms with Gasteiger partial charge in [0.05, 0.1) is 49.1 Å². The lowest BCUT2D eigenvalue weighted by atomic mass is 10.1. The number of nitrogens with zero attached hydrogens (tertiary/aromatic N) is 2. The second-order valence-corrected chi connectivity index (χ2v) is 6.51. The molecule has 0 saturated carbocycles. The van der Waals surface area contributed by atoms with E-state index in [0.29, 0.717) is 33.8 Å². The van der Waals surface area contributed by atoms with Crippen molar-refractivity contribution in [1.82, 2.24) is 20.5 Å². The second kappa shape index (κ2) is 8.70. The first-order valence-corrected chi connectivity index (χ1v) is 9.34. The Kier molecular flexibility index (Phi) is 5.65. The third-order valence-corrected chi connectivity index (χ3v) is 4.65. The summed E-state index contributed by atoms with van der Waals surface area (Å²) in [5, 5.41) is 10.6. The minimum Gasteiger partial charge on any atom is -0.495 e. The van der Waals surface area contributed by atoms with E-state index < -0.39 is 5.82 Å².